The minimum Gasteiger partial charge on any atom is -0.507 e. The van der Waals surface area contributed by atoms with E-state index in [4.69, 9.17) is 0 Å². The minimum absolute atomic E-state index is 0.0449. The highest BCUT2D eigenvalue weighted by atomic mass is 16.3. The van der Waals surface area contributed by atoms with Crippen LogP contribution in [0.15, 0.2) is 84.9 Å². The second-order valence-corrected chi connectivity index (χ2v) is 7.22. The lowest BCUT2D eigenvalue weighted by Crippen LogP contribution is -2.02. The van der Waals surface area contributed by atoms with Crippen molar-refractivity contribution < 1.29 is 15.0 Å². The number of phenols is 2. The van der Waals surface area contributed by atoms with Gasteiger partial charge >= 0.3 is 0 Å². The van der Waals surface area contributed by atoms with Gasteiger partial charge in [0, 0.05) is 5.56 Å². The lowest BCUT2D eigenvalue weighted by Gasteiger charge is -2.15. The third-order valence-corrected chi connectivity index (χ3v) is 5.56. The van der Waals surface area contributed by atoms with Crippen LogP contribution in [0.2, 0.25) is 0 Å². The lowest BCUT2D eigenvalue weighted by atomic mass is 9.91. The Labute approximate surface area is 168 Å². The van der Waals surface area contributed by atoms with Crippen LogP contribution in [0.1, 0.15) is 27.0 Å². The molecule has 0 saturated heterocycles. The molecule has 3 nitrogen and oxygen atoms in total. The van der Waals surface area contributed by atoms with E-state index in [0.29, 0.717) is 11.1 Å². The molecule has 29 heavy (non-hydrogen) atoms. The molecule has 0 aliphatic heterocycles. The summed E-state index contributed by atoms with van der Waals surface area (Å²) >= 11 is 0. The maximum Gasteiger partial charge on any atom is 0.196 e. The highest BCUT2D eigenvalue weighted by molar-refractivity contribution is 6.12. The molecule has 3 heteroatoms. The Hall–Kier alpha value is -3.85. The second-order valence-electron chi connectivity index (χ2n) is 7.22. The zero-order chi connectivity index (χ0) is 20.0. The Morgan fingerprint density at radius 2 is 1.38 bits per heavy atom. The number of fused-ring (bicyclic) bond motifs is 3. The van der Waals surface area contributed by atoms with E-state index in [-0.39, 0.29) is 22.8 Å². The van der Waals surface area contributed by atoms with Gasteiger partial charge < -0.3 is 10.2 Å². The average molecular weight is 378 g/mol. The highest BCUT2D eigenvalue weighted by Crippen LogP contribution is 2.47. The summed E-state index contributed by atoms with van der Waals surface area (Å²) in [6.45, 7) is 0. The number of carbonyl (C=O) groups is 1. The van der Waals surface area contributed by atoms with Gasteiger partial charge in [0.1, 0.15) is 11.5 Å². The monoisotopic (exact) mass is 378 g/mol. The molecule has 0 spiro atoms. The Kier molecular flexibility index (Phi) is 3.95. The fraction of sp³-hybridized carbons (Fsp3) is 0.0385. The van der Waals surface area contributed by atoms with E-state index < -0.39 is 0 Å². The van der Waals surface area contributed by atoms with E-state index in [1.165, 1.54) is 23.3 Å². The Morgan fingerprint density at radius 3 is 2.21 bits per heavy atom. The Bertz CT molecular complexity index is 1260. The maximum absolute atomic E-state index is 12.9. The van der Waals surface area contributed by atoms with Crippen LogP contribution in [0.4, 0.5) is 0 Å². The molecule has 1 aliphatic carbocycles. The second kappa shape index (κ2) is 6.64. The fourth-order valence-corrected chi connectivity index (χ4v) is 4.17. The number of ketones is 1. The van der Waals surface area contributed by atoms with Gasteiger partial charge in [-0.25, -0.2) is 0 Å². The van der Waals surface area contributed by atoms with E-state index >= 15 is 0 Å². The normalized spacial score (nSPS) is 11.7. The summed E-state index contributed by atoms with van der Waals surface area (Å²) in [5, 5.41) is 21.6. The van der Waals surface area contributed by atoms with Gasteiger partial charge in [0.25, 0.3) is 0 Å². The first-order valence-corrected chi connectivity index (χ1v) is 9.50. The summed E-state index contributed by atoms with van der Waals surface area (Å²) in [6, 6.07) is 25.8. The number of phenolic OH excluding ortho intramolecular Hbond substituents is 2. The fourth-order valence-electron chi connectivity index (χ4n) is 4.17. The topological polar surface area (TPSA) is 57.5 Å². The first-order chi connectivity index (χ1) is 14.1. The molecule has 140 valence electrons. The summed E-state index contributed by atoms with van der Waals surface area (Å²) in [4.78, 5) is 12.9. The SMILES string of the molecule is O=C(c1ccccc1)c1ccc(O)c(-c2cccc3c2Cc2ccccc2-3)c1O. The molecule has 2 N–H and O–H groups in total. The number of hydrogen-bond acceptors (Lipinski definition) is 3. The number of hydrogen-bond donors (Lipinski definition) is 2. The van der Waals surface area contributed by atoms with Crippen LogP contribution in [0.25, 0.3) is 22.3 Å². The first kappa shape index (κ1) is 17.3. The van der Waals surface area contributed by atoms with Crippen LogP contribution in [-0.4, -0.2) is 16.0 Å². The molecule has 0 unspecified atom stereocenters. The van der Waals surface area contributed by atoms with E-state index in [0.717, 1.165) is 23.1 Å². The minimum atomic E-state index is -0.278. The van der Waals surface area contributed by atoms with Crippen molar-refractivity contribution in [3.63, 3.8) is 0 Å². The molecule has 4 aromatic rings. The third kappa shape index (κ3) is 2.71. The number of carbonyl (C=O) groups excluding carboxylic acids is 1. The molecule has 0 atom stereocenters. The van der Waals surface area contributed by atoms with Gasteiger partial charge in [-0.3, -0.25) is 4.79 Å². The van der Waals surface area contributed by atoms with E-state index in [1.54, 1.807) is 24.3 Å². The molecule has 0 aromatic heterocycles. The van der Waals surface area contributed by atoms with E-state index in [9.17, 15) is 15.0 Å². The van der Waals surface area contributed by atoms with Crippen LogP contribution in [0.3, 0.4) is 0 Å². The van der Waals surface area contributed by atoms with Crippen LogP contribution in [0, 0.1) is 0 Å². The van der Waals surface area contributed by atoms with Crippen molar-refractivity contribution in [3.05, 3.63) is 107 Å². The summed E-state index contributed by atoms with van der Waals surface area (Å²) in [7, 11) is 0. The molecule has 4 aromatic carbocycles. The highest BCUT2D eigenvalue weighted by Gasteiger charge is 2.26. The van der Waals surface area contributed by atoms with Gasteiger partial charge in [-0.15, -0.1) is 0 Å². The molecule has 0 bridgehead atoms. The van der Waals surface area contributed by atoms with E-state index in [1.807, 2.05) is 30.3 Å². The molecule has 0 radical (unpaired) electrons. The van der Waals surface area contributed by atoms with Crippen molar-refractivity contribution in [1.29, 1.82) is 0 Å². The molecule has 0 heterocycles. The van der Waals surface area contributed by atoms with Crippen molar-refractivity contribution in [3.8, 4) is 33.8 Å². The third-order valence-electron chi connectivity index (χ3n) is 5.56. The van der Waals surface area contributed by atoms with Gasteiger partial charge in [-0.1, -0.05) is 72.8 Å². The number of rotatable bonds is 3. The molecule has 0 amide bonds. The molecule has 0 saturated carbocycles. The van der Waals surface area contributed by atoms with Crippen molar-refractivity contribution in [2.24, 2.45) is 0 Å². The van der Waals surface area contributed by atoms with E-state index in [2.05, 4.69) is 18.2 Å². The zero-order valence-corrected chi connectivity index (χ0v) is 15.6. The largest absolute Gasteiger partial charge is 0.507 e. The first-order valence-electron chi connectivity index (χ1n) is 9.50. The number of benzene rings is 4. The molecular weight excluding hydrogens is 360 g/mol. The standard InChI is InChI=1S/C26H18O3/c27-23-14-13-21(25(28)16-7-2-1-3-8-16)26(29)24(23)20-12-6-11-19-18-10-5-4-9-17(18)15-22(19)20/h1-14,27,29H,15H2. The van der Waals surface area contributed by atoms with Gasteiger partial charge in [0.15, 0.2) is 5.78 Å². The molecule has 5 rings (SSSR count). The maximum atomic E-state index is 12.9. The van der Waals surface area contributed by atoms with Crippen LogP contribution in [-0.2, 0) is 6.42 Å². The Morgan fingerprint density at radius 1 is 0.690 bits per heavy atom. The van der Waals surface area contributed by atoms with Gasteiger partial charge in [-0.2, -0.15) is 0 Å². The average Bonchev–Trinajstić information content (AvgIpc) is 3.14. The van der Waals surface area contributed by atoms with Crippen molar-refractivity contribution >= 4 is 5.78 Å². The molecule has 1 aliphatic rings. The summed E-state index contributed by atoms with van der Waals surface area (Å²) in [5.74, 6) is -0.514. The summed E-state index contributed by atoms with van der Waals surface area (Å²) < 4.78 is 0. The summed E-state index contributed by atoms with van der Waals surface area (Å²) in [5.41, 5.74) is 6.24. The van der Waals surface area contributed by atoms with Crippen molar-refractivity contribution in [2.75, 3.05) is 0 Å². The molecular formula is C26H18O3. The van der Waals surface area contributed by atoms with Crippen LogP contribution >= 0.6 is 0 Å². The smallest absolute Gasteiger partial charge is 0.196 e. The van der Waals surface area contributed by atoms with Gasteiger partial charge in [0.2, 0.25) is 0 Å². The number of aromatic hydroxyl groups is 2. The van der Waals surface area contributed by atoms with Crippen LogP contribution in [0.5, 0.6) is 11.5 Å². The van der Waals surface area contributed by atoms with Crippen LogP contribution < -0.4 is 0 Å². The quantitative estimate of drug-likeness (QED) is 0.404. The predicted molar refractivity (Wildman–Crippen MR) is 113 cm³/mol. The zero-order valence-electron chi connectivity index (χ0n) is 15.6. The van der Waals surface area contributed by atoms with Crippen molar-refractivity contribution in [1.82, 2.24) is 0 Å². The summed E-state index contributed by atoms with van der Waals surface area (Å²) in [6.07, 6.45) is 0.720. The van der Waals surface area contributed by atoms with Gasteiger partial charge in [-0.05, 0) is 46.4 Å². The van der Waals surface area contributed by atoms with Gasteiger partial charge in [0.05, 0.1) is 11.1 Å². The Balaban J connectivity index is 1.68. The van der Waals surface area contributed by atoms with Crippen molar-refractivity contribution in [2.45, 2.75) is 6.42 Å². The lowest BCUT2D eigenvalue weighted by molar-refractivity contribution is 0.103. The predicted octanol–water partition coefficient (Wildman–Crippen LogP) is 5.57. The molecule has 0 fully saturated rings.